The molecule has 4 saturated carbocycles. The maximum atomic E-state index is 5.90. The summed E-state index contributed by atoms with van der Waals surface area (Å²) in [6.45, 7) is 2.92. The molecule has 0 aliphatic heterocycles. The predicted octanol–water partition coefficient (Wildman–Crippen LogP) is 4.38. The van der Waals surface area contributed by atoms with E-state index < -0.39 is 0 Å². The summed E-state index contributed by atoms with van der Waals surface area (Å²) >= 11 is 1.69. The van der Waals surface area contributed by atoms with Crippen LogP contribution in [-0.2, 0) is 6.54 Å². The van der Waals surface area contributed by atoms with Crippen molar-refractivity contribution in [1.29, 1.82) is 0 Å². The van der Waals surface area contributed by atoms with Gasteiger partial charge in [0.05, 0.1) is 10.6 Å². The molecule has 0 aromatic carbocycles. The Morgan fingerprint density at radius 3 is 3.04 bits per heavy atom. The molecule has 2 heterocycles. The largest absolute Gasteiger partial charge is 0.440 e. The first kappa shape index (κ1) is 13.2. The van der Waals surface area contributed by atoms with Crippen LogP contribution in [0.1, 0.15) is 43.6 Å². The van der Waals surface area contributed by atoms with Crippen molar-refractivity contribution in [2.75, 3.05) is 0 Å². The Bertz CT molecular complexity index is 781. The van der Waals surface area contributed by atoms with E-state index in [0.29, 0.717) is 11.0 Å². The third-order valence-corrected chi connectivity index (χ3v) is 8.47. The highest BCUT2D eigenvalue weighted by Gasteiger charge is 2.80. The van der Waals surface area contributed by atoms with Gasteiger partial charge in [0.25, 0.3) is 0 Å². The summed E-state index contributed by atoms with van der Waals surface area (Å²) in [5.41, 5.74) is 2.23. The quantitative estimate of drug-likeness (QED) is 0.906. The number of hydrogen-bond acceptors (Lipinski definition) is 4. The molecule has 5 atom stereocenters. The Morgan fingerprint density at radius 2 is 2.26 bits per heavy atom. The van der Waals surface area contributed by atoms with Crippen LogP contribution in [0.5, 0.6) is 0 Å². The van der Waals surface area contributed by atoms with Crippen LogP contribution in [-0.4, -0.2) is 10.5 Å². The summed E-state index contributed by atoms with van der Waals surface area (Å²) in [7, 11) is 0. The highest BCUT2D eigenvalue weighted by Crippen LogP contribution is 2.82. The monoisotopic (exact) mass is 326 g/mol. The average Bonchev–Trinajstić information content (AvgIpc) is 3.24. The van der Waals surface area contributed by atoms with Gasteiger partial charge in [0.1, 0.15) is 5.76 Å². The second kappa shape index (κ2) is 4.09. The summed E-state index contributed by atoms with van der Waals surface area (Å²) in [5.74, 6) is 4.82. The summed E-state index contributed by atoms with van der Waals surface area (Å²) in [6.07, 6.45) is 7.37. The lowest BCUT2D eigenvalue weighted by Crippen LogP contribution is -2.75. The molecule has 4 fully saturated rings. The smallest absolute Gasteiger partial charge is 0.236 e. The third kappa shape index (κ3) is 1.44. The highest BCUT2D eigenvalue weighted by molar-refractivity contribution is 7.13. The van der Waals surface area contributed by atoms with Crippen LogP contribution >= 0.6 is 11.3 Å². The zero-order valence-electron chi connectivity index (χ0n) is 13.5. The fourth-order valence-electron chi connectivity index (χ4n) is 6.84. The Kier molecular flexibility index (Phi) is 2.35. The van der Waals surface area contributed by atoms with Gasteiger partial charge in [0, 0.05) is 12.1 Å². The van der Waals surface area contributed by atoms with Crippen LogP contribution in [0, 0.1) is 30.1 Å². The molecule has 1 spiro atoms. The molecule has 4 aliphatic carbocycles. The minimum absolute atomic E-state index is 0.442. The Balaban J connectivity index is 1.25. The zero-order chi connectivity index (χ0) is 15.2. The van der Waals surface area contributed by atoms with E-state index in [1.807, 2.05) is 6.92 Å². The number of hydrogen-bond donors (Lipinski definition) is 1. The number of oxazole rings is 1. The lowest BCUT2D eigenvalue weighted by atomic mass is 9.35. The molecule has 2 aromatic rings. The molecule has 1 N–H and O–H groups in total. The molecule has 2 aromatic heterocycles. The average molecular weight is 326 g/mol. The predicted molar refractivity (Wildman–Crippen MR) is 90.1 cm³/mol. The van der Waals surface area contributed by atoms with Crippen molar-refractivity contribution in [1.82, 2.24) is 10.3 Å². The molecular weight excluding hydrogens is 304 g/mol. The van der Waals surface area contributed by atoms with Gasteiger partial charge in [0.2, 0.25) is 5.89 Å². The van der Waals surface area contributed by atoms with Crippen LogP contribution in [0.15, 0.2) is 21.9 Å². The molecule has 4 heteroatoms. The molecule has 0 saturated heterocycles. The molecule has 120 valence electrons. The number of thiophene rings is 1. The number of fused-ring (bicyclic) bond motifs is 1. The van der Waals surface area contributed by atoms with Crippen LogP contribution < -0.4 is 5.32 Å². The van der Waals surface area contributed by atoms with Crippen LogP contribution in [0.25, 0.3) is 10.8 Å². The number of rotatable bonds is 4. The summed E-state index contributed by atoms with van der Waals surface area (Å²) < 4.78 is 5.90. The molecule has 23 heavy (non-hydrogen) atoms. The van der Waals surface area contributed by atoms with Gasteiger partial charge in [-0.1, -0.05) is 6.07 Å². The molecular formula is C19H22N2OS. The van der Waals surface area contributed by atoms with Crippen LogP contribution in [0.3, 0.4) is 0 Å². The van der Waals surface area contributed by atoms with E-state index in [-0.39, 0.29) is 0 Å². The second-order valence-corrected chi connectivity index (χ2v) is 9.27. The molecule has 0 radical (unpaired) electrons. The van der Waals surface area contributed by atoms with E-state index in [4.69, 9.17) is 9.40 Å². The highest BCUT2D eigenvalue weighted by atomic mass is 32.1. The lowest BCUT2D eigenvalue weighted by molar-refractivity contribution is -0.207. The Labute approximate surface area is 140 Å². The number of nitrogens with zero attached hydrogens (tertiary/aromatic N) is 1. The van der Waals surface area contributed by atoms with Crippen molar-refractivity contribution < 1.29 is 4.42 Å². The molecule has 5 unspecified atom stereocenters. The molecule has 6 rings (SSSR count). The van der Waals surface area contributed by atoms with Gasteiger partial charge in [-0.05, 0) is 73.6 Å². The van der Waals surface area contributed by atoms with E-state index in [1.165, 1.54) is 32.1 Å². The van der Waals surface area contributed by atoms with Gasteiger partial charge >= 0.3 is 0 Å². The first-order chi connectivity index (χ1) is 11.2. The minimum atomic E-state index is 0.442. The van der Waals surface area contributed by atoms with Gasteiger partial charge in [-0.25, -0.2) is 4.98 Å². The maximum Gasteiger partial charge on any atom is 0.236 e. The summed E-state index contributed by atoms with van der Waals surface area (Å²) in [6, 6.07) is 4.13. The minimum Gasteiger partial charge on any atom is -0.440 e. The summed E-state index contributed by atoms with van der Waals surface area (Å²) in [4.78, 5) is 5.89. The van der Waals surface area contributed by atoms with Gasteiger partial charge in [0.15, 0.2) is 0 Å². The molecule has 4 aliphatic rings. The van der Waals surface area contributed by atoms with E-state index in [0.717, 1.165) is 46.5 Å². The SMILES string of the molecule is Cc1oc(-c2cccs2)nc1CNC12CC3CC4CC(C1)C42C3. The van der Waals surface area contributed by atoms with Crippen molar-refractivity contribution in [2.45, 2.75) is 51.1 Å². The van der Waals surface area contributed by atoms with E-state index >= 15 is 0 Å². The van der Waals surface area contributed by atoms with E-state index in [2.05, 4.69) is 22.8 Å². The fourth-order valence-corrected chi connectivity index (χ4v) is 7.49. The normalized spacial score (nSPS) is 42.4. The first-order valence-corrected chi connectivity index (χ1v) is 9.83. The van der Waals surface area contributed by atoms with Crippen LogP contribution in [0.4, 0.5) is 0 Å². The lowest BCUT2D eigenvalue weighted by Gasteiger charge is -2.73. The Morgan fingerprint density at radius 1 is 1.30 bits per heavy atom. The second-order valence-electron chi connectivity index (χ2n) is 8.32. The van der Waals surface area contributed by atoms with E-state index in [9.17, 15) is 0 Å². The van der Waals surface area contributed by atoms with Gasteiger partial charge in [-0.3, -0.25) is 0 Å². The number of aryl methyl sites for hydroxylation is 1. The number of aromatic nitrogens is 1. The third-order valence-electron chi connectivity index (χ3n) is 7.61. The zero-order valence-corrected chi connectivity index (χ0v) is 14.3. The molecule has 3 nitrogen and oxygen atoms in total. The van der Waals surface area contributed by atoms with Crippen molar-refractivity contribution >= 4 is 11.3 Å². The summed E-state index contributed by atoms with van der Waals surface area (Å²) in [5, 5.41) is 6.05. The topological polar surface area (TPSA) is 38.1 Å². The van der Waals surface area contributed by atoms with Crippen molar-refractivity contribution in [3.63, 3.8) is 0 Å². The van der Waals surface area contributed by atoms with Gasteiger partial charge in [-0.15, -0.1) is 11.3 Å². The first-order valence-electron chi connectivity index (χ1n) is 8.95. The Hall–Kier alpha value is -1.13. The van der Waals surface area contributed by atoms with Crippen molar-refractivity contribution in [2.24, 2.45) is 23.2 Å². The van der Waals surface area contributed by atoms with Crippen LogP contribution in [0.2, 0.25) is 0 Å². The van der Waals surface area contributed by atoms with E-state index in [1.54, 1.807) is 11.3 Å². The fraction of sp³-hybridized carbons (Fsp3) is 0.632. The van der Waals surface area contributed by atoms with Gasteiger partial charge < -0.3 is 9.73 Å². The maximum absolute atomic E-state index is 5.90. The van der Waals surface area contributed by atoms with Crippen molar-refractivity contribution in [3.8, 4) is 10.8 Å². The standard InChI is InChI=1S/C19H22N2OS/c1-11-15(21-17(22-11)16-3-2-4-23-16)10-20-18-7-12-5-13-6-14(9-18)19(13,18)8-12/h2-4,12-14,20H,5-10H2,1H3. The number of nitrogens with one attached hydrogen (secondary N) is 1. The van der Waals surface area contributed by atoms with Crippen molar-refractivity contribution in [3.05, 3.63) is 29.0 Å². The van der Waals surface area contributed by atoms with Gasteiger partial charge in [-0.2, -0.15) is 0 Å². The molecule has 2 bridgehead atoms. The molecule has 0 amide bonds.